The van der Waals surface area contributed by atoms with Gasteiger partial charge in [-0.3, -0.25) is 9.40 Å². The number of fused-ring (bicyclic) bond motifs is 1. The van der Waals surface area contributed by atoms with Crippen molar-refractivity contribution in [1.82, 2.24) is 9.78 Å². The summed E-state index contributed by atoms with van der Waals surface area (Å²) in [6.45, 7) is 3.90. The minimum Gasteiger partial charge on any atom is -0.280 e. The first-order valence-corrected chi connectivity index (χ1v) is 8.38. The largest absolute Gasteiger partial charge is 0.280 e. The fourth-order valence-electron chi connectivity index (χ4n) is 2.33. The van der Waals surface area contributed by atoms with Crippen LogP contribution in [0.4, 0.5) is 5.69 Å². The minimum absolute atomic E-state index is 0.246. The topological polar surface area (TPSA) is 64.0 Å². The van der Waals surface area contributed by atoms with Crippen molar-refractivity contribution in [1.29, 1.82) is 0 Å². The molecule has 0 spiro atoms. The SMILES string of the molecule is Cc1ccc(S(=O)(=O)Nc2ccc3c(C)n(C)nc3c2)cc1. The second-order valence-electron chi connectivity index (χ2n) is 5.36. The third kappa shape index (κ3) is 2.57. The lowest BCUT2D eigenvalue weighted by molar-refractivity contribution is 0.601. The van der Waals surface area contributed by atoms with Gasteiger partial charge in [0.05, 0.1) is 16.1 Å². The zero-order valence-electron chi connectivity index (χ0n) is 12.7. The van der Waals surface area contributed by atoms with E-state index in [0.29, 0.717) is 5.69 Å². The second kappa shape index (κ2) is 5.14. The number of benzene rings is 2. The summed E-state index contributed by atoms with van der Waals surface area (Å²) in [7, 11) is -1.72. The Morgan fingerprint density at radius 3 is 2.41 bits per heavy atom. The smallest absolute Gasteiger partial charge is 0.261 e. The van der Waals surface area contributed by atoms with Gasteiger partial charge in [0.1, 0.15) is 0 Å². The van der Waals surface area contributed by atoms with E-state index in [-0.39, 0.29) is 4.90 Å². The van der Waals surface area contributed by atoms with Gasteiger partial charge in [-0.05, 0) is 44.2 Å². The van der Waals surface area contributed by atoms with Crippen molar-refractivity contribution < 1.29 is 8.42 Å². The van der Waals surface area contributed by atoms with Gasteiger partial charge in [-0.1, -0.05) is 17.7 Å². The molecule has 5 nitrogen and oxygen atoms in total. The third-order valence-electron chi connectivity index (χ3n) is 3.71. The maximum atomic E-state index is 12.4. The van der Waals surface area contributed by atoms with Crippen LogP contribution in [0.5, 0.6) is 0 Å². The molecule has 114 valence electrons. The summed E-state index contributed by atoms with van der Waals surface area (Å²) in [6.07, 6.45) is 0. The Hall–Kier alpha value is -2.34. The molecule has 1 N–H and O–H groups in total. The van der Waals surface area contributed by atoms with Crippen LogP contribution in [0.3, 0.4) is 0 Å². The van der Waals surface area contributed by atoms with E-state index in [4.69, 9.17) is 0 Å². The lowest BCUT2D eigenvalue weighted by Crippen LogP contribution is -2.12. The van der Waals surface area contributed by atoms with E-state index in [9.17, 15) is 8.42 Å². The van der Waals surface area contributed by atoms with Crippen LogP contribution in [0.2, 0.25) is 0 Å². The molecule has 0 aliphatic heterocycles. The fraction of sp³-hybridized carbons (Fsp3) is 0.188. The number of nitrogens with one attached hydrogen (secondary N) is 1. The third-order valence-corrected chi connectivity index (χ3v) is 5.11. The first-order chi connectivity index (χ1) is 10.4. The van der Waals surface area contributed by atoms with Gasteiger partial charge in [-0.25, -0.2) is 8.42 Å². The van der Waals surface area contributed by atoms with Crippen LogP contribution in [-0.2, 0) is 17.1 Å². The van der Waals surface area contributed by atoms with Crippen molar-refractivity contribution in [2.75, 3.05) is 4.72 Å². The van der Waals surface area contributed by atoms with Crippen LogP contribution in [0, 0.1) is 13.8 Å². The highest BCUT2D eigenvalue weighted by molar-refractivity contribution is 7.92. The van der Waals surface area contributed by atoms with E-state index >= 15 is 0 Å². The summed E-state index contributed by atoms with van der Waals surface area (Å²) >= 11 is 0. The average Bonchev–Trinajstić information content (AvgIpc) is 2.73. The summed E-state index contributed by atoms with van der Waals surface area (Å²) in [4.78, 5) is 0.246. The zero-order valence-corrected chi connectivity index (χ0v) is 13.5. The molecular formula is C16H17N3O2S. The van der Waals surface area contributed by atoms with Crippen molar-refractivity contribution in [2.24, 2.45) is 7.05 Å². The van der Waals surface area contributed by atoms with Crippen molar-refractivity contribution in [2.45, 2.75) is 18.7 Å². The summed E-state index contributed by atoms with van der Waals surface area (Å²) in [5, 5.41) is 5.38. The highest BCUT2D eigenvalue weighted by atomic mass is 32.2. The maximum Gasteiger partial charge on any atom is 0.261 e. The van der Waals surface area contributed by atoms with Crippen molar-refractivity contribution >= 4 is 26.6 Å². The molecule has 0 unspecified atom stereocenters. The summed E-state index contributed by atoms with van der Waals surface area (Å²) in [5.41, 5.74) is 3.34. The molecular weight excluding hydrogens is 298 g/mol. The number of aromatic nitrogens is 2. The van der Waals surface area contributed by atoms with Crippen LogP contribution >= 0.6 is 0 Å². The number of sulfonamides is 1. The van der Waals surface area contributed by atoms with Crippen LogP contribution in [0.25, 0.3) is 10.9 Å². The van der Waals surface area contributed by atoms with E-state index in [1.807, 2.05) is 27.0 Å². The molecule has 3 aromatic rings. The first kappa shape index (κ1) is 14.6. The Labute approximate surface area is 129 Å². The van der Waals surface area contributed by atoms with E-state index < -0.39 is 10.0 Å². The van der Waals surface area contributed by atoms with E-state index in [0.717, 1.165) is 22.2 Å². The molecule has 0 atom stereocenters. The molecule has 2 aromatic carbocycles. The van der Waals surface area contributed by atoms with Crippen molar-refractivity contribution in [3.05, 3.63) is 53.7 Å². The Kier molecular flexibility index (Phi) is 3.41. The monoisotopic (exact) mass is 315 g/mol. The second-order valence-corrected chi connectivity index (χ2v) is 7.04. The molecule has 0 bridgehead atoms. The summed E-state index contributed by atoms with van der Waals surface area (Å²) < 4.78 is 29.1. The van der Waals surface area contributed by atoms with E-state index in [1.165, 1.54) is 0 Å². The first-order valence-electron chi connectivity index (χ1n) is 6.90. The lowest BCUT2D eigenvalue weighted by Gasteiger charge is -2.08. The molecule has 0 saturated heterocycles. The molecule has 0 amide bonds. The highest BCUT2D eigenvalue weighted by Gasteiger charge is 2.14. The Morgan fingerprint density at radius 1 is 1.05 bits per heavy atom. The number of anilines is 1. The molecule has 0 fully saturated rings. The predicted molar refractivity (Wildman–Crippen MR) is 87.4 cm³/mol. The molecule has 0 aliphatic carbocycles. The van der Waals surface area contributed by atoms with Gasteiger partial charge in [-0.2, -0.15) is 5.10 Å². The van der Waals surface area contributed by atoms with Crippen LogP contribution in [0.1, 0.15) is 11.3 Å². The average molecular weight is 315 g/mol. The predicted octanol–water partition coefficient (Wildman–Crippen LogP) is 2.99. The van der Waals surface area contributed by atoms with Crippen LogP contribution in [-0.4, -0.2) is 18.2 Å². The molecule has 0 aliphatic rings. The molecule has 1 aromatic heterocycles. The number of aryl methyl sites for hydroxylation is 3. The molecule has 6 heteroatoms. The number of rotatable bonds is 3. The van der Waals surface area contributed by atoms with Gasteiger partial charge in [0.2, 0.25) is 0 Å². The molecule has 0 saturated carbocycles. The highest BCUT2D eigenvalue weighted by Crippen LogP contribution is 2.23. The van der Waals surface area contributed by atoms with Crippen LogP contribution < -0.4 is 4.72 Å². The Bertz CT molecular complexity index is 941. The Morgan fingerprint density at radius 2 is 1.73 bits per heavy atom. The van der Waals surface area contributed by atoms with E-state index in [2.05, 4.69) is 9.82 Å². The quantitative estimate of drug-likeness (QED) is 0.808. The number of hydrogen-bond donors (Lipinski definition) is 1. The van der Waals surface area contributed by atoms with Gasteiger partial charge in [-0.15, -0.1) is 0 Å². The van der Waals surface area contributed by atoms with E-state index in [1.54, 1.807) is 41.1 Å². The summed E-state index contributed by atoms with van der Waals surface area (Å²) in [5.74, 6) is 0. The van der Waals surface area contributed by atoms with Gasteiger partial charge < -0.3 is 0 Å². The van der Waals surface area contributed by atoms with Gasteiger partial charge in [0.15, 0.2) is 0 Å². The normalized spacial score (nSPS) is 11.8. The Balaban J connectivity index is 1.96. The molecule has 1 heterocycles. The zero-order chi connectivity index (χ0) is 15.9. The number of hydrogen-bond acceptors (Lipinski definition) is 3. The van der Waals surface area contributed by atoms with Crippen LogP contribution in [0.15, 0.2) is 47.4 Å². The fourth-order valence-corrected chi connectivity index (χ4v) is 3.38. The van der Waals surface area contributed by atoms with Crippen molar-refractivity contribution in [3.8, 4) is 0 Å². The summed E-state index contributed by atoms with van der Waals surface area (Å²) in [6, 6.07) is 12.1. The minimum atomic E-state index is -3.59. The molecule has 0 radical (unpaired) electrons. The van der Waals surface area contributed by atoms with Gasteiger partial charge in [0.25, 0.3) is 10.0 Å². The van der Waals surface area contributed by atoms with Crippen molar-refractivity contribution in [3.63, 3.8) is 0 Å². The lowest BCUT2D eigenvalue weighted by atomic mass is 10.2. The number of nitrogens with zero attached hydrogens (tertiary/aromatic N) is 2. The molecule has 3 rings (SSSR count). The van der Waals surface area contributed by atoms with Gasteiger partial charge >= 0.3 is 0 Å². The standard InChI is InChI=1S/C16H17N3O2S/c1-11-4-7-14(8-5-11)22(20,21)18-13-6-9-15-12(2)19(3)17-16(15)10-13/h4-10,18H,1-3H3. The van der Waals surface area contributed by atoms with Gasteiger partial charge in [0, 0.05) is 18.1 Å². The molecule has 22 heavy (non-hydrogen) atoms. The maximum absolute atomic E-state index is 12.4.